The number of hydrogen-bond acceptors (Lipinski definition) is 4. The van der Waals surface area contributed by atoms with Gasteiger partial charge in [-0.2, -0.15) is 0 Å². The number of rotatable bonds is 6. The summed E-state index contributed by atoms with van der Waals surface area (Å²) in [6, 6.07) is 15.4. The zero-order valence-corrected chi connectivity index (χ0v) is 14.9. The molecule has 2 N–H and O–H groups in total. The number of para-hydroxylation sites is 1. The standard InChI is InChI=1S/C21H22N2O4/c24-19(14-27-21(26)15-8-2-1-3-9-15)23-18-13-7-6-12-17(18)20(25)22-16-10-4-5-11-16/h1-3,6-9,12-13,16H,4-5,10-11,14H2,(H,22,25)(H,23,24). The van der Waals surface area contributed by atoms with Gasteiger partial charge in [0.25, 0.3) is 11.8 Å². The molecule has 0 heterocycles. The molecule has 0 unspecified atom stereocenters. The smallest absolute Gasteiger partial charge is 0.338 e. The summed E-state index contributed by atoms with van der Waals surface area (Å²) in [7, 11) is 0. The molecule has 140 valence electrons. The van der Waals surface area contributed by atoms with Crippen LogP contribution in [0.1, 0.15) is 46.4 Å². The van der Waals surface area contributed by atoms with E-state index in [2.05, 4.69) is 10.6 Å². The van der Waals surface area contributed by atoms with Gasteiger partial charge < -0.3 is 15.4 Å². The average Bonchev–Trinajstić information content (AvgIpc) is 3.20. The summed E-state index contributed by atoms with van der Waals surface area (Å²) in [5.74, 6) is -1.28. The Morgan fingerprint density at radius 1 is 0.926 bits per heavy atom. The van der Waals surface area contributed by atoms with Gasteiger partial charge in [0.15, 0.2) is 6.61 Å². The van der Waals surface area contributed by atoms with Crippen LogP contribution in [0.2, 0.25) is 0 Å². The number of anilines is 1. The van der Waals surface area contributed by atoms with Crippen molar-refractivity contribution in [3.8, 4) is 0 Å². The lowest BCUT2D eigenvalue weighted by Gasteiger charge is -2.15. The quantitative estimate of drug-likeness (QED) is 0.769. The Bertz CT molecular complexity index is 814. The van der Waals surface area contributed by atoms with Gasteiger partial charge in [-0.25, -0.2) is 4.79 Å². The van der Waals surface area contributed by atoms with Crippen LogP contribution in [0.5, 0.6) is 0 Å². The number of carbonyl (C=O) groups excluding carboxylic acids is 3. The number of nitrogens with one attached hydrogen (secondary N) is 2. The first kappa shape index (κ1) is 18.6. The monoisotopic (exact) mass is 366 g/mol. The molecule has 0 radical (unpaired) electrons. The lowest BCUT2D eigenvalue weighted by molar-refractivity contribution is -0.119. The molecule has 1 aliphatic rings. The van der Waals surface area contributed by atoms with Crippen molar-refractivity contribution >= 4 is 23.5 Å². The van der Waals surface area contributed by atoms with Crippen molar-refractivity contribution in [1.29, 1.82) is 0 Å². The fourth-order valence-electron chi connectivity index (χ4n) is 3.10. The molecule has 0 aromatic heterocycles. The highest BCUT2D eigenvalue weighted by atomic mass is 16.5. The fourth-order valence-corrected chi connectivity index (χ4v) is 3.10. The Kier molecular flexibility index (Phi) is 6.20. The highest BCUT2D eigenvalue weighted by Crippen LogP contribution is 2.20. The first-order valence-electron chi connectivity index (χ1n) is 9.05. The third-order valence-corrected chi connectivity index (χ3v) is 4.48. The molecule has 1 aliphatic carbocycles. The molecular formula is C21H22N2O4. The van der Waals surface area contributed by atoms with Gasteiger partial charge >= 0.3 is 5.97 Å². The van der Waals surface area contributed by atoms with E-state index in [1.54, 1.807) is 54.6 Å². The summed E-state index contributed by atoms with van der Waals surface area (Å²) >= 11 is 0. The van der Waals surface area contributed by atoms with Crippen molar-refractivity contribution in [2.24, 2.45) is 0 Å². The zero-order valence-electron chi connectivity index (χ0n) is 14.9. The summed E-state index contributed by atoms with van der Waals surface area (Å²) in [5.41, 5.74) is 1.17. The van der Waals surface area contributed by atoms with Crippen molar-refractivity contribution in [3.05, 3.63) is 65.7 Å². The number of carbonyl (C=O) groups is 3. The molecule has 6 nitrogen and oxygen atoms in total. The molecule has 0 spiro atoms. The number of ether oxygens (including phenoxy) is 1. The topological polar surface area (TPSA) is 84.5 Å². The lowest BCUT2D eigenvalue weighted by atomic mass is 10.1. The van der Waals surface area contributed by atoms with Crippen molar-refractivity contribution in [3.63, 3.8) is 0 Å². The van der Waals surface area contributed by atoms with E-state index >= 15 is 0 Å². The van der Waals surface area contributed by atoms with E-state index in [-0.39, 0.29) is 11.9 Å². The summed E-state index contributed by atoms with van der Waals surface area (Å²) in [5, 5.41) is 5.65. The lowest BCUT2D eigenvalue weighted by Crippen LogP contribution is -2.33. The van der Waals surface area contributed by atoms with Gasteiger partial charge in [0.2, 0.25) is 0 Å². The van der Waals surface area contributed by atoms with E-state index in [9.17, 15) is 14.4 Å². The SMILES string of the molecule is O=C(COC(=O)c1ccccc1)Nc1ccccc1C(=O)NC1CCCC1. The second kappa shape index (κ2) is 8.98. The molecule has 6 heteroatoms. The molecule has 1 saturated carbocycles. The summed E-state index contributed by atoms with van der Waals surface area (Å²) < 4.78 is 5.02. The van der Waals surface area contributed by atoms with Crippen LogP contribution in [0, 0.1) is 0 Å². The summed E-state index contributed by atoms with van der Waals surface area (Å²) in [4.78, 5) is 36.6. The van der Waals surface area contributed by atoms with Crippen LogP contribution in [-0.4, -0.2) is 30.4 Å². The molecule has 0 aliphatic heterocycles. The first-order valence-corrected chi connectivity index (χ1v) is 9.05. The summed E-state index contributed by atoms with van der Waals surface area (Å²) in [6.07, 6.45) is 4.21. The summed E-state index contributed by atoms with van der Waals surface area (Å²) in [6.45, 7) is -0.424. The number of amides is 2. The van der Waals surface area contributed by atoms with Gasteiger partial charge in [0, 0.05) is 6.04 Å². The Morgan fingerprint density at radius 2 is 1.59 bits per heavy atom. The van der Waals surface area contributed by atoms with E-state index in [0.717, 1.165) is 25.7 Å². The van der Waals surface area contributed by atoms with Gasteiger partial charge in [0.1, 0.15) is 0 Å². The molecule has 0 saturated heterocycles. The fraction of sp³-hybridized carbons (Fsp3) is 0.286. The molecular weight excluding hydrogens is 344 g/mol. The van der Waals surface area contributed by atoms with Crippen LogP contribution in [0.3, 0.4) is 0 Å². The van der Waals surface area contributed by atoms with Gasteiger partial charge in [-0.15, -0.1) is 0 Å². The highest BCUT2D eigenvalue weighted by Gasteiger charge is 2.20. The molecule has 0 bridgehead atoms. The molecule has 27 heavy (non-hydrogen) atoms. The van der Waals surface area contributed by atoms with Crippen LogP contribution >= 0.6 is 0 Å². The molecule has 2 aromatic carbocycles. The minimum absolute atomic E-state index is 0.188. The van der Waals surface area contributed by atoms with Crippen molar-refractivity contribution in [2.75, 3.05) is 11.9 Å². The number of esters is 1. The Labute approximate surface area is 157 Å². The van der Waals surface area contributed by atoms with E-state index < -0.39 is 18.5 Å². The third kappa shape index (κ3) is 5.17. The van der Waals surface area contributed by atoms with Crippen LogP contribution in [-0.2, 0) is 9.53 Å². The second-order valence-corrected chi connectivity index (χ2v) is 6.49. The van der Waals surface area contributed by atoms with Crippen LogP contribution in [0.4, 0.5) is 5.69 Å². The van der Waals surface area contributed by atoms with E-state index in [1.165, 1.54) is 0 Å². The van der Waals surface area contributed by atoms with Crippen LogP contribution < -0.4 is 10.6 Å². The van der Waals surface area contributed by atoms with E-state index in [4.69, 9.17) is 4.74 Å². The molecule has 2 aromatic rings. The average molecular weight is 366 g/mol. The Morgan fingerprint density at radius 3 is 2.33 bits per heavy atom. The predicted molar refractivity (Wildman–Crippen MR) is 102 cm³/mol. The van der Waals surface area contributed by atoms with Gasteiger partial charge in [-0.1, -0.05) is 43.2 Å². The molecule has 2 amide bonds. The largest absolute Gasteiger partial charge is 0.452 e. The number of hydrogen-bond donors (Lipinski definition) is 2. The van der Waals surface area contributed by atoms with Crippen LogP contribution in [0.15, 0.2) is 54.6 Å². The van der Waals surface area contributed by atoms with Gasteiger partial charge in [-0.3, -0.25) is 9.59 Å². The maximum atomic E-state index is 12.5. The van der Waals surface area contributed by atoms with Crippen molar-refractivity contribution in [2.45, 2.75) is 31.7 Å². The maximum Gasteiger partial charge on any atom is 0.338 e. The van der Waals surface area contributed by atoms with Gasteiger partial charge in [-0.05, 0) is 37.1 Å². The minimum atomic E-state index is -0.571. The molecule has 0 atom stereocenters. The second-order valence-electron chi connectivity index (χ2n) is 6.49. The molecule has 1 fully saturated rings. The normalized spacial score (nSPS) is 13.8. The Hall–Kier alpha value is -3.15. The zero-order chi connectivity index (χ0) is 19.1. The third-order valence-electron chi connectivity index (χ3n) is 4.48. The maximum absolute atomic E-state index is 12.5. The predicted octanol–water partition coefficient (Wildman–Crippen LogP) is 3.15. The first-order chi connectivity index (χ1) is 13.1. The van der Waals surface area contributed by atoms with Crippen molar-refractivity contribution in [1.82, 2.24) is 5.32 Å². The Balaban J connectivity index is 1.57. The van der Waals surface area contributed by atoms with Gasteiger partial charge in [0.05, 0.1) is 16.8 Å². The van der Waals surface area contributed by atoms with Crippen molar-refractivity contribution < 1.29 is 19.1 Å². The number of benzene rings is 2. The van der Waals surface area contributed by atoms with Crippen LogP contribution in [0.25, 0.3) is 0 Å². The highest BCUT2D eigenvalue weighted by molar-refractivity contribution is 6.04. The van der Waals surface area contributed by atoms with E-state index in [0.29, 0.717) is 16.8 Å². The molecule has 3 rings (SSSR count). The van der Waals surface area contributed by atoms with E-state index in [1.807, 2.05) is 0 Å². The minimum Gasteiger partial charge on any atom is -0.452 e.